The second-order valence-corrected chi connectivity index (χ2v) is 5.54. The fourth-order valence-electron chi connectivity index (χ4n) is 2.28. The molecule has 0 saturated heterocycles. The van der Waals surface area contributed by atoms with Gasteiger partial charge >= 0.3 is 0 Å². The predicted molar refractivity (Wildman–Crippen MR) is 90.8 cm³/mol. The first-order valence-corrected chi connectivity index (χ1v) is 7.22. The van der Waals surface area contributed by atoms with Crippen molar-refractivity contribution in [3.8, 4) is 0 Å². The Morgan fingerprint density at radius 2 is 1.83 bits per heavy atom. The number of H-pyrrole nitrogens is 1. The number of nitrogens with zero attached hydrogens (tertiary/aromatic N) is 5. The van der Waals surface area contributed by atoms with E-state index in [-0.39, 0.29) is 5.56 Å². The lowest BCUT2D eigenvalue weighted by atomic mass is 10.2. The van der Waals surface area contributed by atoms with Crippen LogP contribution in [0.4, 0.5) is 11.6 Å². The van der Waals surface area contributed by atoms with Gasteiger partial charge in [0.2, 0.25) is 0 Å². The molecule has 1 N–H and O–H groups in total. The van der Waals surface area contributed by atoms with E-state index >= 15 is 0 Å². The molecule has 0 aliphatic carbocycles. The molecule has 118 valence electrons. The average molecular weight is 310 g/mol. The van der Waals surface area contributed by atoms with Crippen molar-refractivity contribution >= 4 is 22.7 Å². The van der Waals surface area contributed by atoms with Crippen LogP contribution in [0.5, 0.6) is 0 Å². The Morgan fingerprint density at radius 3 is 2.52 bits per heavy atom. The number of pyridine rings is 2. The van der Waals surface area contributed by atoms with E-state index in [0.717, 1.165) is 11.4 Å². The monoisotopic (exact) mass is 310 g/mol. The molecule has 3 aromatic heterocycles. The van der Waals surface area contributed by atoms with Gasteiger partial charge in [0.15, 0.2) is 5.52 Å². The van der Waals surface area contributed by atoms with E-state index in [2.05, 4.69) is 19.9 Å². The molecular weight excluding hydrogens is 292 g/mol. The van der Waals surface area contributed by atoms with Gasteiger partial charge in [-0.1, -0.05) is 6.07 Å². The third-order valence-electron chi connectivity index (χ3n) is 3.55. The third kappa shape index (κ3) is 3.13. The van der Waals surface area contributed by atoms with Crippen LogP contribution in [0.15, 0.2) is 41.6 Å². The third-order valence-corrected chi connectivity index (χ3v) is 3.55. The van der Waals surface area contributed by atoms with Crippen molar-refractivity contribution < 1.29 is 0 Å². The number of hydrogen-bond acceptors (Lipinski definition) is 6. The fourth-order valence-corrected chi connectivity index (χ4v) is 2.28. The molecule has 0 aromatic carbocycles. The number of fused-ring (bicyclic) bond motifs is 1. The second-order valence-electron chi connectivity index (χ2n) is 5.54. The molecule has 0 amide bonds. The maximum atomic E-state index is 11.8. The van der Waals surface area contributed by atoms with Crippen molar-refractivity contribution in [2.24, 2.45) is 0 Å². The van der Waals surface area contributed by atoms with Crippen LogP contribution in [0.25, 0.3) is 11.0 Å². The summed E-state index contributed by atoms with van der Waals surface area (Å²) in [6.45, 7) is 0.650. The van der Waals surface area contributed by atoms with E-state index in [1.165, 1.54) is 6.33 Å². The summed E-state index contributed by atoms with van der Waals surface area (Å²) in [6.07, 6.45) is 3.23. The zero-order valence-corrected chi connectivity index (χ0v) is 13.3. The van der Waals surface area contributed by atoms with E-state index in [0.29, 0.717) is 23.4 Å². The van der Waals surface area contributed by atoms with Gasteiger partial charge in [0, 0.05) is 33.9 Å². The fraction of sp³-hybridized carbons (Fsp3) is 0.250. The summed E-state index contributed by atoms with van der Waals surface area (Å²) in [5.74, 6) is 1.63. The summed E-state index contributed by atoms with van der Waals surface area (Å²) in [4.78, 5) is 31.2. The number of aromatic nitrogens is 4. The molecule has 0 spiro atoms. The Hall–Kier alpha value is -2.96. The maximum Gasteiger partial charge on any atom is 0.277 e. The predicted octanol–water partition coefficient (Wildman–Crippen LogP) is 1.42. The number of aromatic amines is 1. The minimum absolute atomic E-state index is 0.234. The molecule has 3 aromatic rings. The molecule has 23 heavy (non-hydrogen) atoms. The minimum Gasteiger partial charge on any atom is -0.363 e. The molecule has 0 fully saturated rings. The lowest BCUT2D eigenvalue weighted by Crippen LogP contribution is -2.19. The lowest BCUT2D eigenvalue weighted by molar-refractivity contribution is 0.892. The van der Waals surface area contributed by atoms with Crippen molar-refractivity contribution in [2.75, 3.05) is 30.9 Å². The Morgan fingerprint density at radius 1 is 1.04 bits per heavy atom. The SMILES string of the molecule is CN(C)c1ccc(CN(C)c2ccc3nc[nH]c(=O)c3n2)cn1. The van der Waals surface area contributed by atoms with Gasteiger partial charge in [-0.2, -0.15) is 0 Å². The highest BCUT2D eigenvalue weighted by atomic mass is 16.1. The van der Waals surface area contributed by atoms with Gasteiger partial charge < -0.3 is 14.8 Å². The van der Waals surface area contributed by atoms with Crippen molar-refractivity contribution in [3.63, 3.8) is 0 Å². The summed E-state index contributed by atoms with van der Waals surface area (Å²) >= 11 is 0. The average Bonchev–Trinajstić information content (AvgIpc) is 2.55. The molecule has 3 rings (SSSR count). The van der Waals surface area contributed by atoms with Crippen molar-refractivity contribution in [1.29, 1.82) is 0 Å². The number of rotatable bonds is 4. The van der Waals surface area contributed by atoms with E-state index in [1.807, 2.05) is 55.3 Å². The summed E-state index contributed by atoms with van der Waals surface area (Å²) in [6, 6.07) is 7.67. The van der Waals surface area contributed by atoms with Gasteiger partial charge in [-0.25, -0.2) is 15.0 Å². The van der Waals surface area contributed by atoms with Crippen LogP contribution in [0.2, 0.25) is 0 Å². The minimum atomic E-state index is -0.234. The molecule has 3 heterocycles. The first-order valence-electron chi connectivity index (χ1n) is 7.22. The van der Waals surface area contributed by atoms with E-state index in [1.54, 1.807) is 6.07 Å². The van der Waals surface area contributed by atoms with Crippen molar-refractivity contribution in [2.45, 2.75) is 6.54 Å². The van der Waals surface area contributed by atoms with Crippen LogP contribution in [0.1, 0.15) is 5.56 Å². The summed E-state index contributed by atoms with van der Waals surface area (Å²) < 4.78 is 0. The standard InChI is InChI=1S/C16H18N6O/c1-21(2)13-6-4-11(8-17-13)9-22(3)14-7-5-12-15(20-14)16(23)19-10-18-12/h4-8,10H,9H2,1-3H3,(H,18,19,23). The normalized spacial score (nSPS) is 10.7. The van der Waals surface area contributed by atoms with Crippen LogP contribution in [0.3, 0.4) is 0 Å². The quantitative estimate of drug-likeness (QED) is 0.785. The molecule has 0 radical (unpaired) electrons. The van der Waals surface area contributed by atoms with Gasteiger partial charge in [0.05, 0.1) is 11.8 Å². The molecule has 0 aliphatic rings. The van der Waals surface area contributed by atoms with Crippen LogP contribution in [-0.2, 0) is 6.54 Å². The molecule has 0 saturated carbocycles. The largest absolute Gasteiger partial charge is 0.363 e. The highest BCUT2D eigenvalue weighted by molar-refractivity contribution is 5.74. The Bertz CT molecular complexity index is 872. The maximum absolute atomic E-state index is 11.8. The van der Waals surface area contributed by atoms with Gasteiger partial charge in [0.25, 0.3) is 5.56 Å². The first kappa shape index (κ1) is 15.0. The Balaban J connectivity index is 1.84. The van der Waals surface area contributed by atoms with Gasteiger partial charge in [0.1, 0.15) is 11.6 Å². The molecular formula is C16H18N6O. The highest BCUT2D eigenvalue weighted by Gasteiger charge is 2.08. The number of anilines is 2. The number of hydrogen-bond donors (Lipinski definition) is 1. The van der Waals surface area contributed by atoms with Crippen LogP contribution in [-0.4, -0.2) is 41.1 Å². The summed E-state index contributed by atoms with van der Waals surface area (Å²) in [5.41, 5.74) is 1.77. The van der Waals surface area contributed by atoms with E-state index in [9.17, 15) is 4.79 Å². The summed E-state index contributed by atoms with van der Waals surface area (Å²) in [5, 5.41) is 0. The zero-order chi connectivity index (χ0) is 16.4. The van der Waals surface area contributed by atoms with Crippen molar-refractivity contribution in [1.82, 2.24) is 19.9 Å². The molecule has 0 atom stereocenters. The zero-order valence-electron chi connectivity index (χ0n) is 13.3. The van der Waals surface area contributed by atoms with Crippen LogP contribution < -0.4 is 15.4 Å². The second kappa shape index (κ2) is 6.04. The smallest absolute Gasteiger partial charge is 0.277 e. The molecule has 0 aliphatic heterocycles. The van der Waals surface area contributed by atoms with Crippen LogP contribution in [0, 0.1) is 0 Å². The van der Waals surface area contributed by atoms with Gasteiger partial charge in [-0.05, 0) is 23.8 Å². The molecule has 7 nitrogen and oxygen atoms in total. The lowest BCUT2D eigenvalue weighted by Gasteiger charge is -2.19. The molecule has 0 unspecified atom stereocenters. The van der Waals surface area contributed by atoms with E-state index in [4.69, 9.17) is 0 Å². The topological polar surface area (TPSA) is 78.0 Å². The van der Waals surface area contributed by atoms with E-state index < -0.39 is 0 Å². The van der Waals surface area contributed by atoms with Gasteiger partial charge in [-0.15, -0.1) is 0 Å². The summed E-state index contributed by atoms with van der Waals surface area (Å²) in [7, 11) is 5.84. The Kier molecular flexibility index (Phi) is 3.92. The Labute approximate surface area is 133 Å². The molecule has 0 bridgehead atoms. The van der Waals surface area contributed by atoms with Crippen LogP contribution >= 0.6 is 0 Å². The van der Waals surface area contributed by atoms with Gasteiger partial charge in [-0.3, -0.25) is 4.79 Å². The van der Waals surface area contributed by atoms with Crippen molar-refractivity contribution in [3.05, 3.63) is 52.7 Å². The molecule has 7 heteroatoms. The number of nitrogens with one attached hydrogen (secondary N) is 1. The highest BCUT2D eigenvalue weighted by Crippen LogP contribution is 2.16. The first-order chi connectivity index (χ1) is 11.0.